The van der Waals surface area contributed by atoms with Gasteiger partial charge in [0.1, 0.15) is 52.4 Å². The van der Waals surface area contributed by atoms with Gasteiger partial charge in [0.05, 0.1) is 33.8 Å². The molecule has 6 nitrogen and oxygen atoms in total. The normalized spacial score (nSPS) is 10.7. The van der Waals surface area contributed by atoms with Crippen molar-refractivity contribution in [2.24, 2.45) is 0 Å². The standard InChI is InChI=1S/C18H12ClF3N2.C17H9Cl2F3N2.C17H10ClF3N2.C2H6/c1-9-3-5-11(6-4-9)15-10(2)23-24-18(19)17(15)16-13(21)7-12(20)8-14(16)22;1-8-14(9-2-4-10(18)5-3-9)16(17(19)24-23-8)15-12(21)6-11(20)7-13(15)22;1-9-14(10-5-3-2-4-6-10)16(17(18)23-22-9)15-12(20)7-11(19)8-13(15)21;1-2/h3-8H,1-2H3;2-7H,1H3;2-8H,1H3;1-2H3. The molecule has 0 unspecified atom stereocenters. The molecule has 9 aromatic rings. The van der Waals surface area contributed by atoms with E-state index in [9.17, 15) is 39.5 Å². The van der Waals surface area contributed by atoms with E-state index in [1.807, 2.05) is 39.0 Å². The minimum absolute atomic E-state index is 0.0153. The Morgan fingerprint density at radius 2 is 0.562 bits per heavy atom. The first-order chi connectivity index (χ1) is 34.7. The second kappa shape index (κ2) is 24.2. The number of nitrogens with zero attached hydrogens (tertiary/aromatic N) is 6. The SMILES string of the molecule is CC.Cc1ccc(-c2c(C)nnc(Cl)c2-c2c(F)cc(F)cc2F)cc1.Cc1nnc(Cl)c(-c2c(F)cc(F)cc2F)c1-c1ccc(Cl)cc1.Cc1nnc(Cl)c(-c2c(F)cc(F)cc2F)c1-c1ccccc1. The molecular weight excluding hydrogens is 1050 g/mol. The van der Waals surface area contributed by atoms with Crippen molar-refractivity contribution in [3.63, 3.8) is 0 Å². The molecule has 9 rings (SSSR count). The van der Waals surface area contributed by atoms with E-state index >= 15 is 0 Å². The van der Waals surface area contributed by atoms with Crippen molar-refractivity contribution in [2.45, 2.75) is 41.5 Å². The molecule has 19 heteroatoms. The van der Waals surface area contributed by atoms with Gasteiger partial charge in [0.25, 0.3) is 0 Å². The Morgan fingerprint density at radius 3 is 0.849 bits per heavy atom. The van der Waals surface area contributed by atoms with Crippen molar-refractivity contribution < 1.29 is 39.5 Å². The van der Waals surface area contributed by atoms with Crippen LogP contribution in [-0.4, -0.2) is 30.6 Å². The zero-order valence-electron chi connectivity index (χ0n) is 39.1. The summed E-state index contributed by atoms with van der Waals surface area (Å²) in [6, 6.07) is 26.5. The van der Waals surface area contributed by atoms with Crippen LogP contribution in [0.5, 0.6) is 0 Å². The average Bonchev–Trinajstić information content (AvgIpc) is 3.33. The fourth-order valence-corrected chi connectivity index (χ4v) is 8.34. The smallest absolute Gasteiger partial charge is 0.160 e. The number of benzene rings is 6. The van der Waals surface area contributed by atoms with E-state index in [0.717, 1.165) is 5.56 Å². The Labute approximate surface area is 433 Å². The molecular formula is C54H37Cl4F9N6. The van der Waals surface area contributed by atoms with Crippen LogP contribution in [-0.2, 0) is 0 Å². The van der Waals surface area contributed by atoms with Gasteiger partial charge in [-0.3, -0.25) is 0 Å². The fourth-order valence-electron chi connectivity index (χ4n) is 7.54. The van der Waals surface area contributed by atoms with Crippen molar-refractivity contribution in [3.05, 3.63) is 211 Å². The molecule has 0 atom stereocenters. The van der Waals surface area contributed by atoms with Gasteiger partial charge < -0.3 is 0 Å². The van der Waals surface area contributed by atoms with Crippen LogP contribution < -0.4 is 0 Å². The molecule has 0 aliphatic carbocycles. The second-order valence-electron chi connectivity index (χ2n) is 15.5. The Morgan fingerprint density at radius 1 is 0.301 bits per heavy atom. The van der Waals surface area contributed by atoms with Crippen LogP contribution in [0.2, 0.25) is 20.5 Å². The van der Waals surface area contributed by atoms with Crippen molar-refractivity contribution >= 4 is 46.4 Å². The van der Waals surface area contributed by atoms with E-state index in [-0.39, 0.29) is 32.1 Å². The van der Waals surface area contributed by atoms with Crippen molar-refractivity contribution in [1.82, 2.24) is 30.6 Å². The van der Waals surface area contributed by atoms with Crippen molar-refractivity contribution in [2.75, 3.05) is 0 Å². The molecule has 6 aromatic carbocycles. The number of aromatic nitrogens is 6. The number of rotatable bonds is 6. The van der Waals surface area contributed by atoms with Gasteiger partial charge in [-0.1, -0.05) is 133 Å². The van der Waals surface area contributed by atoms with E-state index in [4.69, 9.17) is 46.4 Å². The number of hydrogen-bond donors (Lipinski definition) is 0. The zero-order valence-corrected chi connectivity index (χ0v) is 42.1. The number of hydrogen-bond acceptors (Lipinski definition) is 6. The molecule has 0 fully saturated rings. The van der Waals surface area contributed by atoms with Crippen molar-refractivity contribution in [1.29, 1.82) is 0 Å². The summed E-state index contributed by atoms with van der Waals surface area (Å²) in [6.45, 7) is 10.9. The predicted molar refractivity (Wildman–Crippen MR) is 269 cm³/mol. The predicted octanol–water partition coefficient (Wildman–Crippen LogP) is 17.6. The van der Waals surface area contributed by atoms with Crippen LogP contribution in [0.4, 0.5) is 39.5 Å². The Balaban J connectivity index is 0.000000176. The van der Waals surface area contributed by atoms with Crippen LogP contribution in [0.25, 0.3) is 66.8 Å². The second-order valence-corrected chi connectivity index (χ2v) is 17.0. The van der Waals surface area contributed by atoms with Gasteiger partial charge in [-0.15, -0.1) is 15.3 Å². The fraction of sp³-hybridized carbons (Fsp3) is 0.111. The molecule has 374 valence electrons. The van der Waals surface area contributed by atoms with E-state index in [0.29, 0.717) is 91.9 Å². The Hall–Kier alpha value is -6.91. The van der Waals surface area contributed by atoms with Gasteiger partial charge >= 0.3 is 0 Å². The summed E-state index contributed by atoms with van der Waals surface area (Å²) in [4.78, 5) is 0. The lowest BCUT2D eigenvalue weighted by Crippen LogP contribution is -2.01. The Bertz CT molecular complexity index is 3240. The highest BCUT2D eigenvalue weighted by atomic mass is 35.5. The van der Waals surface area contributed by atoms with Crippen LogP contribution in [0.1, 0.15) is 36.5 Å². The highest BCUT2D eigenvalue weighted by Gasteiger charge is 2.26. The molecule has 0 spiro atoms. The van der Waals surface area contributed by atoms with Crippen LogP contribution in [0.3, 0.4) is 0 Å². The highest BCUT2D eigenvalue weighted by molar-refractivity contribution is 6.34. The Kier molecular flexibility index (Phi) is 18.4. The minimum atomic E-state index is -1.07. The lowest BCUT2D eigenvalue weighted by atomic mass is 9.94. The van der Waals surface area contributed by atoms with Gasteiger partial charge in [0, 0.05) is 74.8 Å². The summed E-state index contributed by atoms with van der Waals surface area (Å²) >= 11 is 24.1. The first kappa shape index (κ1) is 55.4. The van der Waals surface area contributed by atoms with Gasteiger partial charge in [0.15, 0.2) is 15.5 Å². The molecule has 0 N–H and O–H groups in total. The topological polar surface area (TPSA) is 77.3 Å². The monoisotopic (exact) mass is 1080 g/mol. The molecule has 0 saturated heterocycles. The average molecular weight is 1080 g/mol. The third-order valence-electron chi connectivity index (χ3n) is 10.6. The summed E-state index contributed by atoms with van der Waals surface area (Å²) in [5.74, 6) is -9.35. The van der Waals surface area contributed by atoms with Crippen LogP contribution >= 0.6 is 46.4 Å². The van der Waals surface area contributed by atoms with Gasteiger partial charge in [0.2, 0.25) is 0 Å². The van der Waals surface area contributed by atoms with Gasteiger partial charge in [-0.25, -0.2) is 39.5 Å². The van der Waals surface area contributed by atoms with E-state index in [2.05, 4.69) is 30.6 Å². The molecule has 3 heterocycles. The summed E-state index contributed by atoms with van der Waals surface area (Å²) < 4.78 is 125. The lowest BCUT2D eigenvalue weighted by molar-refractivity contribution is 0.547. The molecule has 0 radical (unpaired) electrons. The zero-order chi connectivity index (χ0) is 53.4. The molecule has 0 aliphatic heterocycles. The lowest BCUT2D eigenvalue weighted by Gasteiger charge is -2.15. The largest absolute Gasteiger partial charge is 0.207 e. The maximum absolute atomic E-state index is 14.3. The summed E-state index contributed by atoms with van der Waals surface area (Å²) in [5.41, 5.74) is 4.48. The van der Waals surface area contributed by atoms with E-state index in [1.54, 1.807) is 81.4 Å². The van der Waals surface area contributed by atoms with E-state index < -0.39 is 69.0 Å². The molecule has 0 aliphatic rings. The third kappa shape index (κ3) is 12.5. The highest BCUT2D eigenvalue weighted by Crippen LogP contribution is 2.43. The van der Waals surface area contributed by atoms with Crippen molar-refractivity contribution in [3.8, 4) is 66.8 Å². The quantitative estimate of drug-likeness (QED) is 0.154. The third-order valence-corrected chi connectivity index (χ3v) is 11.7. The number of aryl methyl sites for hydroxylation is 4. The van der Waals surface area contributed by atoms with Crippen LogP contribution in [0.15, 0.2) is 115 Å². The molecule has 0 bridgehead atoms. The molecule has 0 amide bonds. The molecule has 73 heavy (non-hydrogen) atoms. The maximum Gasteiger partial charge on any atom is 0.160 e. The minimum Gasteiger partial charge on any atom is -0.207 e. The first-order valence-electron chi connectivity index (χ1n) is 21.7. The maximum atomic E-state index is 14.3. The summed E-state index contributed by atoms with van der Waals surface area (Å²) in [6.07, 6.45) is 0. The molecule has 0 saturated carbocycles. The molecule has 3 aromatic heterocycles. The first-order valence-corrected chi connectivity index (χ1v) is 23.2. The van der Waals surface area contributed by atoms with Gasteiger partial charge in [-0.05, 0) is 56.5 Å². The van der Waals surface area contributed by atoms with Gasteiger partial charge in [-0.2, -0.15) is 15.3 Å². The number of halogens is 13. The summed E-state index contributed by atoms with van der Waals surface area (Å²) in [7, 11) is 0. The van der Waals surface area contributed by atoms with E-state index in [1.165, 1.54) is 0 Å². The summed E-state index contributed by atoms with van der Waals surface area (Å²) in [5, 5.41) is 23.0. The van der Waals surface area contributed by atoms with Crippen LogP contribution in [0, 0.1) is 80.0 Å².